The minimum atomic E-state index is -4.32. The van der Waals surface area contributed by atoms with Gasteiger partial charge in [-0.2, -0.15) is 18.3 Å². The number of benzene rings is 1. The van der Waals surface area contributed by atoms with Crippen molar-refractivity contribution in [2.45, 2.75) is 19.1 Å². The van der Waals surface area contributed by atoms with Crippen molar-refractivity contribution in [2.75, 3.05) is 19.8 Å². The molecule has 6 nitrogen and oxygen atoms in total. The van der Waals surface area contributed by atoms with E-state index in [0.717, 1.165) is 11.3 Å². The summed E-state index contributed by atoms with van der Waals surface area (Å²) in [6.45, 7) is -0.750. The van der Waals surface area contributed by atoms with Crippen molar-refractivity contribution in [3.63, 3.8) is 0 Å². The first-order valence-corrected chi connectivity index (χ1v) is 7.69. The number of aromatic nitrogens is 2. The van der Waals surface area contributed by atoms with E-state index in [-0.39, 0.29) is 19.2 Å². The van der Waals surface area contributed by atoms with Gasteiger partial charge in [0, 0.05) is 32.1 Å². The van der Waals surface area contributed by atoms with Crippen molar-refractivity contribution in [1.82, 2.24) is 20.4 Å². The van der Waals surface area contributed by atoms with E-state index >= 15 is 0 Å². The molecule has 2 aromatic rings. The second-order valence-corrected chi connectivity index (χ2v) is 5.25. The van der Waals surface area contributed by atoms with Gasteiger partial charge in [-0.25, -0.2) is 9.48 Å². The topological polar surface area (TPSA) is 68.2 Å². The number of hydrogen-bond acceptors (Lipinski definition) is 3. The van der Waals surface area contributed by atoms with E-state index in [1.54, 1.807) is 10.9 Å². The minimum absolute atomic E-state index is 0.0608. The summed E-state index contributed by atoms with van der Waals surface area (Å²) in [6.07, 6.45) is -0.493. The fourth-order valence-corrected chi connectivity index (χ4v) is 2.00. The second-order valence-electron chi connectivity index (χ2n) is 5.25. The maximum atomic E-state index is 11.8. The van der Waals surface area contributed by atoms with Crippen LogP contribution in [0.25, 0.3) is 5.69 Å². The van der Waals surface area contributed by atoms with Crippen LogP contribution in [0.3, 0.4) is 0 Å². The lowest BCUT2D eigenvalue weighted by Crippen LogP contribution is -2.36. The van der Waals surface area contributed by atoms with E-state index < -0.39 is 12.8 Å². The van der Waals surface area contributed by atoms with Crippen LogP contribution in [0.15, 0.2) is 42.7 Å². The highest BCUT2D eigenvalue weighted by atomic mass is 19.4. The molecule has 0 bridgehead atoms. The highest BCUT2D eigenvalue weighted by molar-refractivity contribution is 5.73. The molecule has 0 aliphatic rings. The molecule has 1 aromatic heterocycles. The van der Waals surface area contributed by atoms with Crippen LogP contribution in [-0.4, -0.2) is 41.7 Å². The summed E-state index contributed by atoms with van der Waals surface area (Å²) in [5, 5.41) is 9.36. The molecule has 0 atom stereocenters. The molecule has 1 aromatic carbocycles. The molecule has 1 heterocycles. The molecule has 0 spiro atoms. The molecule has 9 heteroatoms. The van der Waals surface area contributed by atoms with E-state index in [1.165, 1.54) is 0 Å². The zero-order valence-electron chi connectivity index (χ0n) is 13.4. The lowest BCUT2D eigenvalue weighted by Gasteiger charge is -2.09. The van der Waals surface area contributed by atoms with Gasteiger partial charge in [-0.15, -0.1) is 0 Å². The monoisotopic (exact) mass is 356 g/mol. The predicted octanol–water partition coefficient (Wildman–Crippen LogP) is 2.64. The zero-order chi connectivity index (χ0) is 18.1. The summed E-state index contributed by atoms with van der Waals surface area (Å²) in [5.74, 6) is 0. The first-order chi connectivity index (χ1) is 11.9. The molecular weight excluding hydrogens is 337 g/mol. The SMILES string of the molecule is O=C(NCCCOCC(F)(F)F)NCc1ccc(-n2cccn2)cc1. The number of hydrogen-bond donors (Lipinski definition) is 2. The first-order valence-electron chi connectivity index (χ1n) is 7.69. The number of carbonyl (C=O) groups is 1. The summed E-state index contributed by atoms with van der Waals surface area (Å²) in [6, 6.07) is 8.98. The number of ether oxygens (including phenoxy) is 1. The fourth-order valence-electron chi connectivity index (χ4n) is 2.00. The van der Waals surface area contributed by atoms with Gasteiger partial charge in [0.1, 0.15) is 6.61 Å². The number of nitrogens with zero attached hydrogens (tertiary/aromatic N) is 2. The molecular formula is C16H19F3N4O2. The number of halogens is 3. The summed E-state index contributed by atoms with van der Waals surface area (Å²) >= 11 is 0. The zero-order valence-corrected chi connectivity index (χ0v) is 13.4. The Balaban J connectivity index is 1.60. The molecule has 2 amide bonds. The fraction of sp³-hybridized carbons (Fsp3) is 0.375. The Kier molecular flexibility index (Phi) is 6.81. The van der Waals surface area contributed by atoms with Crippen molar-refractivity contribution in [3.8, 4) is 5.69 Å². The Morgan fingerprint density at radius 1 is 1.20 bits per heavy atom. The van der Waals surface area contributed by atoms with Gasteiger partial charge >= 0.3 is 12.2 Å². The molecule has 2 rings (SSSR count). The van der Waals surface area contributed by atoms with E-state index in [4.69, 9.17) is 0 Å². The lowest BCUT2D eigenvalue weighted by atomic mass is 10.2. The Labute approximate surface area is 143 Å². The van der Waals surface area contributed by atoms with Gasteiger partial charge in [-0.3, -0.25) is 0 Å². The number of urea groups is 1. The third-order valence-corrected chi connectivity index (χ3v) is 3.18. The van der Waals surface area contributed by atoms with Crippen LogP contribution in [0, 0.1) is 0 Å². The van der Waals surface area contributed by atoms with Gasteiger partial charge in [-0.1, -0.05) is 12.1 Å². The van der Waals surface area contributed by atoms with Crippen LogP contribution in [0.2, 0.25) is 0 Å². The molecule has 0 fully saturated rings. The van der Waals surface area contributed by atoms with Gasteiger partial charge in [0.15, 0.2) is 0 Å². The highest BCUT2D eigenvalue weighted by Gasteiger charge is 2.27. The van der Waals surface area contributed by atoms with Crippen molar-refractivity contribution in [3.05, 3.63) is 48.3 Å². The van der Waals surface area contributed by atoms with Gasteiger partial charge in [0.05, 0.1) is 5.69 Å². The van der Waals surface area contributed by atoms with Crippen LogP contribution in [0.1, 0.15) is 12.0 Å². The maximum Gasteiger partial charge on any atom is 0.411 e. The van der Waals surface area contributed by atoms with Gasteiger partial charge in [0.25, 0.3) is 0 Å². The van der Waals surface area contributed by atoms with E-state index in [9.17, 15) is 18.0 Å². The minimum Gasteiger partial charge on any atom is -0.372 e. The number of nitrogens with one attached hydrogen (secondary N) is 2. The van der Waals surface area contributed by atoms with Gasteiger partial charge < -0.3 is 15.4 Å². The molecule has 0 radical (unpaired) electrons. The van der Waals surface area contributed by atoms with E-state index in [0.29, 0.717) is 13.0 Å². The number of amides is 2. The lowest BCUT2D eigenvalue weighted by molar-refractivity contribution is -0.173. The average molecular weight is 356 g/mol. The molecule has 0 saturated carbocycles. The van der Waals surface area contributed by atoms with Crippen LogP contribution in [-0.2, 0) is 11.3 Å². The molecule has 25 heavy (non-hydrogen) atoms. The smallest absolute Gasteiger partial charge is 0.372 e. The molecule has 0 aliphatic carbocycles. The van der Waals surface area contributed by atoms with Crippen LogP contribution in [0.4, 0.5) is 18.0 Å². The second kappa shape index (κ2) is 9.07. The Bertz CT molecular complexity index is 642. The molecule has 0 aliphatic heterocycles. The van der Waals surface area contributed by atoms with Crippen LogP contribution < -0.4 is 10.6 Å². The normalized spacial score (nSPS) is 11.3. The quantitative estimate of drug-likeness (QED) is 0.715. The third kappa shape index (κ3) is 7.25. The Hall–Kier alpha value is -2.55. The summed E-state index contributed by atoms with van der Waals surface area (Å²) in [4.78, 5) is 11.6. The number of carbonyl (C=O) groups excluding carboxylic acids is 1. The molecule has 0 saturated heterocycles. The number of rotatable bonds is 8. The highest BCUT2D eigenvalue weighted by Crippen LogP contribution is 2.14. The molecule has 2 N–H and O–H groups in total. The predicted molar refractivity (Wildman–Crippen MR) is 85.3 cm³/mol. The van der Waals surface area contributed by atoms with Gasteiger partial charge in [-0.05, 0) is 30.2 Å². The number of alkyl halides is 3. The van der Waals surface area contributed by atoms with Crippen molar-refractivity contribution >= 4 is 6.03 Å². The largest absolute Gasteiger partial charge is 0.411 e. The maximum absolute atomic E-state index is 11.8. The summed E-state index contributed by atoms with van der Waals surface area (Å²) in [7, 11) is 0. The van der Waals surface area contributed by atoms with Crippen molar-refractivity contribution in [1.29, 1.82) is 0 Å². The van der Waals surface area contributed by atoms with E-state index in [2.05, 4.69) is 20.5 Å². The molecule has 0 unspecified atom stereocenters. The van der Waals surface area contributed by atoms with Gasteiger partial charge in [0.2, 0.25) is 0 Å². The van der Waals surface area contributed by atoms with E-state index in [1.807, 2.05) is 36.5 Å². The average Bonchev–Trinajstić information content (AvgIpc) is 3.10. The summed E-state index contributed by atoms with van der Waals surface area (Å²) in [5.41, 5.74) is 1.83. The van der Waals surface area contributed by atoms with Crippen LogP contribution in [0.5, 0.6) is 0 Å². The molecule has 136 valence electrons. The Morgan fingerprint density at radius 3 is 2.60 bits per heavy atom. The van der Waals surface area contributed by atoms with Crippen molar-refractivity contribution < 1.29 is 22.7 Å². The Morgan fingerprint density at radius 2 is 1.96 bits per heavy atom. The van der Waals surface area contributed by atoms with Crippen LogP contribution >= 0.6 is 0 Å². The third-order valence-electron chi connectivity index (χ3n) is 3.18. The van der Waals surface area contributed by atoms with Crippen molar-refractivity contribution in [2.24, 2.45) is 0 Å². The first kappa shape index (κ1) is 18.8. The summed E-state index contributed by atoms with van der Waals surface area (Å²) < 4.78 is 41.7. The standard InChI is InChI=1S/C16H19F3N4O2/c17-16(18,19)12-25-10-2-7-20-15(24)21-11-13-3-5-14(6-4-13)23-9-1-8-22-23/h1,3-6,8-9H,2,7,10-12H2,(H2,20,21,24).